The summed E-state index contributed by atoms with van der Waals surface area (Å²) in [7, 11) is 1.70. The zero-order valence-corrected chi connectivity index (χ0v) is 12.0. The van der Waals surface area contributed by atoms with Gasteiger partial charge >= 0.3 is 0 Å². The minimum Gasteiger partial charge on any atom is -0.496 e. The van der Waals surface area contributed by atoms with E-state index in [1.807, 2.05) is 12.1 Å². The molecule has 0 aliphatic rings. The summed E-state index contributed by atoms with van der Waals surface area (Å²) in [6.07, 6.45) is 0. The SMILES string of the molecule is COc1ccc(Br)cc1CNCc1cccs1. The van der Waals surface area contributed by atoms with Crippen LogP contribution in [0.3, 0.4) is 0 Å². The van der Waals surface area contributed by atoms with Crippen LogP contribution in [-0.2, 0) is 13.1 Å². The molecule has 0 saturated heterocycles. The van der Waals surface area contributed by atoms with E-state index in [1.165, 1.54) is 10.4 Å². The van der Waals surface area contributed by atoms with E-state index >= 15 is 0 Å². The maximum Gasteiger partial charge on any atom is 0.123 e. The Morgan fingerprint density at radius 3 is 2.88 bits per heavy atom. The van der Waals surface area contributed by atoms with E-state index in [1.54, 1.807) is 18.4 Å². The Labute approximate surface area is 114 Å². The number of halogens is 1. The number of thiophene rings is 1. The highest BCUT2D eigenvalue weighted by molar-refractivity contribution is 9.10. The average Bonchev–Trinajstić information content (AvgIpc) is 2.82. The Kier molecular flexibility index (Phi) is 4.59. The van der Waals surface area contributed by atoms with Gasteiger partial charge in [-0.25, -0.2) is 0 Å². The quantitative estimate of drug-likeness (QED) is 0.906. The molecule has 2 rings (SSSR count). The van der Waals surface area contributed by atoms with E-state index in [0.717, 1.165) is 23.3 Å². The van der Waals surface area contributed by atoms with E-state index in [0.29, 0.717) is 0 Å². The van der Waals surface area contributed by atoms with Crippen LogP contribution in [0.15, 0.2) is 40.2 Å². The first-order valence-electron chi connectivity index (χ1n) is 5.35. The third-order valence-corrected chi connectivity index (χ3v) is 3.81. The van der Waals surface area contributed by atoms with Crippen LogP contribution in [0.2, 0.25) is 0 Å². The molecule has 1 heterocycles. The molecule has 0 atom stereocenters. The second-order valence-electron chi connectivity index (χ2n) is 3.64. The molecule has 1 N–H and O–H groups in total. The van der Waals surface area contributed by atoms with Crippen LogP contribution in [0.1, 0.15) is 10.4 Å². The lowest BCUT2D eigenvalue weighted by atomic mass is 10.2. The molecule has 0 aliphatic heterocycles. The summed E-state index contributed by atoms with van der Waals surface area (Å²) >= 11 is 5.24. The fourth-order valence-corrected chi connectivity index (χ4v) is 2.70. The normalized spacial score (nSPS) is 10.5. The van der Waals surface area contributed by atoms with E-state index < -0.39 is 0 Å². The topological polar surface area (TPSA) is 21.3 Å². The molecule has 0 amide bonds. The molecule has 0 fully saturated rings. The molecular weight excluding hydrogens is 298 g/mol. The molecule has 1 aromatic heterocycles. The first-order chi connectivity index (χ1) is 8.29. The lowest BCUT2D eigenvalue weighted by Gasteiger charge is -2.09. The molecule has 0 aliphatic carbocycles. The van der Waals surface area contributed by atoms with Gasteiger partial charge < -0.3 is 10.1 Å². The predicted molar refractivity (Wildman–Crippen MR) is 75.6 cm³/mol. The third-order valence-electron chi connectivity index (χ3n) is 2.44. The van der Waals surface area contributed by atoms with Crippen molar-refractivity contribution in [3.63, 3.8) is 0 Å². The van der Waals surface area contributed by atoms with Crippen LogP contribution in [0.5, 0.6) is 5.75 Å². The van der Waals surface area contributed by atoms with Crippen LogP contribution in [0.4, 0.5) is 0 Å². The fourth-order valence-electron chi connectivity index (χ4n) is 1.62. The number of benzene rings is 1. The Bertz CT molecular complexity index is 470. The summed E-state index contributed by atoms with van der Waals surface area (Å²) in [4.78, 5) is 1.35. The molecule has 2 aromatic rings. The summed E-state index contributed by atoms with van der Waals surface area (Å²) in [6.45, 7) is 1.70. The van der Waals surface area contributed by atoms with Crippen LogP contribution in [0, 0.1) is 0 Å². The van der Waals surface area contributed by atoms with E-state index in [-0.39, 0.29) is 0 Å². The van der Waals surface area contributed by atoms with E-state index in [9.17, 15) is 0 Å². The summed E-state index contributed by atoms with van der Waals surface area (Å²) in [5.41, 5.74) is 1.17. The van der Waals surface area contributed by atoms with Gasteiger partial charge in [0.2, 0.25) is 0 Å². The maximum atomic E-state index is 5.33. The predicted octanol–water partition coefficient (Wildman–Crippen LogP) is 3.81. The highest BCUT2D eigenvalue weighted by atomic mass is 79.9. The molecule has 17 heavy (non-hydrogen) atoms. The molecule has 0 radical (unpaired) electrons. The lowest BCUT2D eigenvalue weighted by Crippen LogP contribution is -2.12. The molecular formula is C13H14BrNOS. The Hall–Kier alpha value is -0.840. The molecule has 0 unspecified atom stereocenters. The third kappa shape index (κ3) is 3.56. The Morgan fingerprint density at radius 2 is 2.18 bits per heavy atom. The standard InChI is InChI=1S/C13H14BrNOS/c1-16-13-5-4-11(14)7-10(13)8-15-9-12-3-2-6-17-12/h2-7,15H,8-9H2,1H3. The molecule has 2 nitrogen and oxygen atoms in total. The van der Waals surface area contributed by atoms with Gasteiger partial charge in [0.15, 0.2) is 0 Å². The second kappa shape index (κ2) is 6.19. The summed E-state index contributed by atoms with van der Waals surface area (Å²) in [5.74, 6) is 0.923. The highest BCUT2D eigenvalue weighted by Crippen LogP contribution is 2.22. The van der Waals surface area contributed by atoms with Gasteiger partial charge in [0.05, 0.1) is 7.11 Å². The number of methoxy groups -OCH3 is 1. The maximum absolute atomic E-state index is 5.33. The first kappa shape index (κ1) is 12.6. The fraction of sp³-hybridized carbons (Fsp3) is 0.231. The summed E-state index contributed by atoms with van der Waals surface area (Å²) in [6, 6.07) is 10.3. The minimum absolute atomic E-state index is 0.806. The van der Waals surface area contributed by atoms with Gasteiger partial charge in [0, 0.05) is 28.0 Å². The van der Waals surface area contributed by atoms with Gasteiger partial charge in [-0.3, -0.25) is 0 Å². The number of hydrogen-bond acceptors (Lipinski definition) is 3. The van der Waals surface area contributed by atoms with Crippen molar-refractivity contribution in [1.82, 2.24) is 5.32 Å². The van der Waals surface area contributed by atoms with E-state index in [2.05, 4.69) is 44.8 Å². The minimum atomic E-state index is 0.806. The van der Waals surface area contributed by atoms with Crippen LogP contribution in [0.25, 0.3) is 0 Å². The molecule has 90 valence electrons. The van der Waals surface area contributed by atoms with Gasteiger partial charge in [0.25, 0.3) is 0 Å². The summed E-state index contributed by atoms with van der Waals surface area (Å²) in [5, 5.41) is 5.51. The zero-order chi connectivity index (χ0) is 12.1. The van der Waals surface area contributed by atoms with Crippen LogP contribution in [-0.4, -0.2) is 7.11 Å². The number of rotatable bonds is 5. The zero-order valence-electron chi connectivity index (χ0n) is 9.57. The highest BCUT2D eigenvalue weighted by Gasteiger charge is 2.03. The molecule has 0 spiro atoms. The van der Waals surface area contributed by atoms with Gasteiger partial charge in [0.1, 0.15) is 5.75 Å². The number of hydrogen-bond donors (Lipinski definition) is 1. The van der Waals surface area contributed by atoms with Gasteiger partial charge in [-0.05, 0) is 29.6 Å². The average molecular weight is 312 g/mol. The molecule has 0 saturated carbocycles. The van der Waals surface area contributed by atoms with Crippen molar-refractivity contribution in [2.24, 2.45) is 0 Å². The summed E-state index contributed by atoms with van der Waals surface area (Å²) < 4.78 is 6.41. The van der Waals surface area contributed by atoms with Gasteiger partial charge in [-0.15, -0.1) is 11.3 Å². The monoisotopic (exact) mass is 311 g/mol. The molecule has 1 aromatic carbocycles. The second-order valence-corrected chi connectivity index (χ2v) is 5.59. The van der Waals surface area contributed by atoms with Gasteiger partial charge in [-0.2, -0.15) is 0 Å². The Morgan fingerprint density at radius 1 is 1.29 bits per heavy atom. The van der Waals surface area contributed by atoms with Crippen molar-refractivity contribution in [1.29, 1.82) is 0 Å². The first-order valence-corrected chi connectivity index (χ1v) is 7.02. The number of nitrogens with one attached hydrogen (secondary N) is 1. The number of ether oxygens (including phenoxy) is 1. The lowest BCUT2D eigenvalue weighted by molar-refractivity contribution is 0.407. The van der Waals surface area contributed by atoms with Crippen LogP contribution < -0.4 is 10.1 Å². The largest absolute Gasteiger partial charge is 0.496 e. The van der Waals surface area contributed by atoms with Crippen LogP contribution >= 0.6 is 27.3 Å². The smallest absolute Gasteiger partial charge is 0.123 e. The molecule has 0 bridgehead atoms. The van der Waals surface area contributed by atoms with Crippen molar-refractivity contribution < 1.29 is 4.74 Å². The van der Waals surface area contributed by atoms with Crippen molar-refractivity contribution in [2.45, 2.75) is 13.1 Å². The molecule has 4 heteroatoms. The van der Waals surface area contributed by atoms with Crippen molar-refractivity contribution in [2.75, 3.05) is 7.11 Å². The Balaban J connectivity index is 1.96. The van der Waals surface area contributed by atoms with E-state index in [4.69, 9.17) is 4.74 Å². The van der Waals surface area contributed by atoms with Crippen molar-refractivity contribution in [3.8, 4) is 5.75 Å². The van der Waals surface area contributed by atoms with Crippen molar-refractivity contribution >= 4 is 27.3 Å². The van der Waals surface area contributed by atoms with Gasteiger partial charge in [-0.1, -0.05) is 22.0 Å². The van der Waals surface area contributed by atoms with Crippen molar-refractivity contribution in [3.05, 3.63) is 50.6 Å².